The first-order valence-corrected chi connectivity index (χ1v) is 9.40. The summed E-state index contributed by atoms with van der Waals surface area (Å²) in [6.45, 7) is 5.99. The van der Waals surface area contributed by atoms with E-state index in [2.05, 4.69) is 19.9 Å². The Morgan fingerprint density at radius 3 is 2.58 bits per heavy atom. The molecule has 1 N–H and O–H groups in total. The van der Waals surface area contributed by atoms with Crippen molar-refractivity contribution in [3.05, 3.63) is 23.8 Å². The molecule has 3 fully saturated rings. The smallest absolute Gasteiger partial charge is 0.178 e. The van der Waals surface area contributed by atoms with Gasteiger partial charge in [-0.1, -0.05) is 25.5 Å². The molecule has 0 unspecified atom stereocenters. The van der Waals surface area contributed by atoms with Crippen molar-refractivity contribution in [2.75, 3.05) is 0 Å². The summed E-state index contributed by atoms with van der Waals surface area (Å²) >= 11 is 0. The van der Waals surface area contributed by atoms with E-state index in [4.69, 9.17) is 0 Å². The first-order chi connectivity index (χ1) is 11.2. The lowest BCUT2D eigenvalue weighted by molar-refractivity contribution is -0.158. The largest absolute Gasteiger partial charge is 0.382 e. The number of rotatable bonds is 1. The van der Waals surface area contributed by atoms with Gasteiger partial charge in [0.15, 0.2) is 11.6 Å². The van der Waals surface area contributed by atoms with Crippen LogP contribution >= 0.6 is 0 Å². The molecule has 0 aromatic carbocycles. The highest BCUT2D eigenvalue weighted by Gasteiger charge is 2.65. The van der Waals surface area contributed by atoms with Crippen LogP contribution in [0.3, 0.4) is 0 Å². The third-order valence-electron chi connectivity index (χ3n) is 8.29. The van der Waals surface area contributed by atoms with Crippen molar-refractivity contribution in [3.63, 3.8) is 0 Å². The van der Waals surface area contributed by atoms with E-state index in [1.54, 1.807) is 13.0 Å². The Bertz CT molecular complexity index is 675. The van der Waals surface area contributed by atoms with E-state index < -0.39 is 5.60 Å². The molecule has 3 saturated carbocycles. The molecular formula is C21H28O3. The molecular weight excluding hydrogens is 300 g/mol. The predicted molar refractivity (Wildman–Crippen MR) is 92.2 cm³/mol. The van der Waals surface area contributed by atoms with Crippen LogP contribution in [-0.2, 0) is 9.59 Å². The summed E-state index contributed by atoms with van der Waals surface area (Å²) < 4.78 is 0. The Hall–Kier alpha value is -1.22. The van der Waals surface area contributed by atoms with Crippen LogP contribution in [0.1, 0.15) is 59.3 Å². The van der Waals surface area contributed by atoms with Gasteiger partial charge < -0.3 is 5.11 Å². The maximum absolute atomic E-state index is 12.2. The fourth-order valence-electron chi connectivity index (χ4n) is 6.79. The number of hydrogen-bond donors (Lipinski definition) is 1. The average Bonchev–Trinajstić information content (AvgIpc) is 2.81. The molecule has 3 heteroatoms. The number of hydrogen-bond acceptors (Lipinski definition) is 3. The standard InChI is InChI=1S/C21H28O3/c1-13(22)21(24)11-8-18-16-5-4-14-12-15(23)6-9-19(14,2)17(16)7-10-20(18,21)3/h6,9,12,16-18,24H,4-5,7-8,10-11H2,1-3H3/t16-,17+,18+,19+,20+,21+/m1/s1. The molecule has 0 amide bonds. The van der Waals surface area contributed by atoms with Crippen molar-refractivity contribution < 1.29 is 14.7 Å². The maximum Gasteiger partial charge on any atom is 0.178 e. The molecule has 4 aliphatic carbocycles. The van der Waals surface area contributed by atoms with Crippen molar-refractivity contribution in [2.45, 2.75) is 64.9 Å². The predicted octanol–water partition coefficient (Wildman–Crippen LogP) is 3.61. The lowest BCUT2D eigenvalue weighted by Crippen LogP contribution is -2.56. The van der Waals surface area contributed by atoms with Crippen molar-refractivity contribution >= 4 is 11.6 Å². The molecule has 130 valence electrons. The number of Topliss-reactive ketones (excluding diaryl/α,β-unsaturated/α-hetero) is 1. The van der Waals surface area contributed by atoms with Crippen LogP contribution in [0.5, 0.6) is 0 Å². The number of allylic oxidation sites excluding steroid dienone is 4. The lowest BCUT2D eigenvalue weighted by Gasteiger charge is -2.57. The highest BCUT2D eigenvalue weighted by Crippen LogP contribution is 2.66. The summed E-state index contributed by atoms with van der Waals surface area (Å²) in [5, 5.41) is 11.1. The minimum Gasteiger partial charge on any atom is -0.382 e. The van der Waals surface area contributed by atoms with E-state index in [-0.39, 0.29) is 22.4 Å². The van der Waals surface area contributed by atoms with Gasteiger partial charge in [-0.15, -0.1) is 0 Å². The SMILES string of the molecule is CC(=O)[C@@]1(O)CC[C@H]2[C@@H]3CCC4=CC(=O)C=C[C@]4(C)[C@H]3CC[C@@]21C. The maximum atomic E-state index is 12.2. The first kappa shape index (κ1) is 16.3. The zero-order valence-corrected chi connectivity index (χ0v) is 15.0. The minimum atomic E-state index is -1.14. The van der Waals surface area contributed by atoms with Gasteiger partial charge in [0.05, 0.1) is 0 Å². The summed E-state index contributed by atoms with van der Waals surface area (Å²) in [6, 6.07) is 0. The molecule has 0 aromatic heterocycles. The molecule has 0 heterocycles. The molecule has 0 spiro atoms. The van der Waals surface area contributed by atoms with Crippen LogP contribution in [0, 0.1) is 28.6 Å². The van der Waals surface area contributed by atoms with E-state index in [0.717, 1.165) is 32.1 Å². The summed E-state index contributed by atoms with van der Waals surface area (Å²) in [5.41, 5.74) is -0.154. The van der Waals surface area contributed by atoms with Crippen LogP contribution in [0.15, 0.2) is 23.8 Å². The Morgan fingerprint density at radius 1 is 1.17 bits per heavy atom. The summed E-state index contributed by atoms with van der Waals surface area (Å²) in [4.78, 5) is 24.0. The topological polar surface area (TPSA) is 54.4 Å². The molecule has 0 saturated heterocycles. The van der Waals surface area contributed by atoms with Gasteiger partial charge in [-0.25, -0.2) is 0 Å². The normalized spacial score (nSPS) is 49.9. The monoisotopic (exact) mass is 328 g/mol. The van der Waals surface area contributed by atoms with Crippen molar-refractivity contribution in [3.8, 4) is 0 Å². The second-order valence-corrected chi connectivity index (χ2v) is 9.01. The van der Waals surface area contributed by atoms with E-state index in [0.29, 0.717) is 24.2 Å². The van der Waals surface area contributed by atoms with Gasteiger partial charge in [0.25, 0.3) is 0 Å². The molecule has 0 bridgehead atoms. The zero-order chi connectivity index (χ0) is 17.3. The van der Waals surface area contributed by atoms with Crippen LogP contribution in [0.25, 0.3) is 0 Å². The van der Waals surface area contributed by atoms with Gasteiger partial charge in [0, 0.05) is 10.8 Å². The first-order valence-electron chi connectivity index (χ1n) is 9.40. The number of ketones is 2. The van der Waals surface area contributed by atoms with Gasteiger partial charge >= 0.3 is 0 Å². The molecule has 6 atom stereocenters. The van der Waals surface area contributed by atoms with Crippen molar-refractivity contribution in [1.82, 2.24) is 0 Å². The molecule has 3 nitrogen and oxygen atoms in total. The van der Waals surface area contributed by atoms with Crippen molar-refractivity contribution in [1.29, 1.82) is 0 Å². The van der Waals surface area contributed by atoms with Gasteiger partial charge in [-0.2, -0.15) is 0 Å². The van der Waals surface area contributed by atoms with Crippen LogP contribution < -0.4 is 0 Å². The van der Waals surface area contributed by atoms with Crippen LogP contribution in [0.2, 0.25) is 0 Å². The average molecular weight is 328 g/mol. The quantitative estimate of drug-likeness (QED) is 0.800. The third kappa shape index (κ3) is 1.82. The third-order valence-corrected chi connectivity index (χ3v) is 8.29. The second kappa shape index (κ2) is 4.91. The number of aliphatic hydroxyl groups is 1. The van der Waals surface area contributed by atoms with Gasteiger partial charge in [-0.3, -0.25) is 9.59 Å². The Kier molecular flexibility index (Phi) is 3.32. The van der Waals surface area contributed by atoms with E-state index in [1.165, 1.54) is 5.57 Å². The Labute approximate surface area is 144 Å². The van der Waals surface area contributed by atoms with E-state index >= 15 is 0 Å². The molecule has 0 radical (unpaired) electrons. The highest BCUT2D eigenvalue weighted by molar-refractivity contribution is 6.01. The Morgan fingerprint density at radius 2 is 1.88 bits per heavy atom. The van der Waals surface area contributed by atoms with E-state index in [9.17, 15) is 14.7 Å². The Balaban J connectivity index is 1.71. The van der Waals surface area contributed by atoms with Crippen LogP contribution in [0.4, 0.5) is 0 Å². The molecule has 24 heavy (non-hydrogen) atoms. The number of fused-ring (bicyclic) bond motifs is 5. The minimum absolute atomic E-state index is 0.0188. The zero-order valence-electron chi connectivity index (χ0n) is 15.0. The highest BCUT2D eigenvalue weighted by atomic mass is 16.3. The molecule has 4 rings (SSSR count). The lowest BCUT2D eigenvalue weighted by atomic mass is 9.47. The summed E-state index contributed by atoms with van der Waals surface area (Å²) in [7, 11) is 0. The second-order valence-electron chi connectivity index (χ2n) is 9.01. The summed E-state index contributed by atoms with van der Waals surface area (Å²) in [6.07, 6.45) is 11.3. The van der Waals surface area contributed by atoms with Crippen molar-refractivity contribution in [2.24, 2.45) is 28.6 Å². The number of carbonyl (C=O) groups excluding carboxylic acids is 2. The molecule has 0 aromatic rings. The summed E-state index contributed by atoms with van der Waals surface area (Å²) in [5.74, 6) is 1.53. The fourth-order valence-corrected chi connectivity index (χ4v) is 6.79. The van der Waals surface area contributed by atoms with Crippen LogP contribution in [-0.4, -0.2) is 22.3 Å². The fraction of sp³-hybridized carbons (Fsp3) is 0.714. The molecule has 4 aliphatic rings. The van der Waals surface area contributed by atoms with Gasteiger partial charge in [0.1, 0.15) is 5.60 Å². The van der Waals surface area contributed by atoms with E-state index in [1.807, 2.05) is 6.08 Å². The van der Waals surface area contributed by atoms with Gasteiger partial charge in [0.2, 0.25) is 0 Å². The van der Waals surface area contributed by atoms with Gasteiger partial charge in [-0.05, 0) is 75.4 Å². The number of carbonyl (C=O) groups is 2. The molecule has 0 aliphatic heterocycles.